The second-order valence-electron chi connectivity index (χ2n) is 4.44. The Morgan fingerprint density at radius 3 is 2.58 bits per heavy atom. The first-order chi connectivity index (χ1) is 9.20. The molecule has 0 bridgehead atoms. The lowest BCUT2D eigenvalue weighted by Crippen LogP contribution is -2.30. The van der Waals surface area contributed by atoms with Crippen molar-refractivity contribution in [1.29, 1.82) is 0 Å². The predicted molar refractivity (Wildman–Crippen MR) is 78.7 cm³/mol. The maximum Gasteiger partial charge on any atom is 0.107 e. The molecule has 0 aromatic carbocycles. The number of ether oxygens (including phenoxy) is 3. The van der Waals surface area contributed by atoms with Gasteiger partial charge in [-0.2, -0.15) is 0 Å². The maximum absolute atomic E-state index is 6.16. The Morgan fingerprint density at radius 1 is 1.26 bits per heavy atom. The van der Waals surface area contributed by atoms with E-state index in [0.29, 0.717) is 26.4 Å². The molecule has 1 aromatic rings. The molecule has 110 valence electrons. The zero-order valence-electron chi connectivity index (χ0n) is 12.1. The molecule has 0 saturated carbocycles. The molecule has 1 heterocycles. The molecule has 0 amide bonds. The third kappa shape index (κ3) is 5.58. The number of aryl methyl sites for hydroxylation is 1. The van der Waals surface area contributed by atoms with Crippen molar-refractivity contribution in [3.8, 4) is 0 Å². The van der Waals surface area contributed by atoms with E-state index >= 15 is 0 Å². The molecule has 19 heavy (non-hydrogen) atoms. The summed E-state index contributed by atoms with van der Waals surface area (Å²) in [6, 6.07) is 2.13. The molecule has 2 unspecified atom stereocenters. The Morgan fingerprint density at radius 2 is 2.00 bits per heavy atom. The summed E-state index contributed by atoms with van der Waals surface area (Å²) in [4.78, 5) is 1.23. The molecule has 0 aliphatic carbocycles. The highest BCUT2D eigenvalue weighted by molar-refractivity contribution is 7.10. The van der Waals surface area contributed by atoms with Crippen molar-refractivity contribution >= 4 is 11.3 Å². The van der Waals surface area contributed by atoms with Crippen LogP contribution >= 0.6 is 11.3 Å². The highest BCUT2D eigenvalue weighted by Crippen LogP contribution is 2.29. The van der Waals surface area contributed by atoms with Crippen LogP contribution in [-0.4, -0.2) is 39.6 Å². The van der Waals surface area contributed by atoms with E-state index in [1.807, 2.05) is 0 Å². The molecule has 2 atom stereocenters. The van der Waals surface area contributed by atoms with Crippen LogP contribution in [-0.2, 0) is 14.2 Å². The third-order valence-corrected chi connectivity index (χ3v) is 4.06. The standard InChI is InChI=1S/C14H25NO3S/c1-4-12(15)13(14-11(2)5-10-19-14)18-9-8-17-7-6-16-3/h5,10,12-13H,4,6-9,15H2,1-3H3. The highest BCUT2D eigenvalue weighted by Gasteiger charge is 2.22. The summed E-state index contributed by atoms with van der Waals surface area (Å²) in [5.41, 5.74) is 7.41. The molecular weight excluding hydrogens is 262 g/mol. The fourth-order valence-corrected chi connectivity index (χ4v) is 2.81. The van der Waals surface area contributed by atoms with Gasteiger partial charge in [0.1, 0.15) is 6.10 Å². The lowest BCUT2D eigenvalue weighted by molar-refractivity contribution is -0.0154. The lowest BCUT2D eigenvalue weighted by atomic mass is 10.1. The topological polar surface area (TPSA) is 53.7 Å². The molecule has 4 nitrogen and oxygen atoms in total. The Labute approximate surface area is 119 Å². The molecule has 1 aromatic heterocycles. The molecule has 0 aliphatic heterocycles. The zero-order chi connectivity index (χ0) is 14.1. The van der Waals surface area contributed by atoms with Crippen LogP contribution in [0.3, 0.4) is 0 Å². The SMILES string of the molecule is CCC(N)C(OCCOCCOC)c1sccc1C. The van der Waals surface area contributed by atoms with Gasteiger partial charge >= 0.3 is 0 Å². The van der Waals surface area contributed by atoms with Crippen molar-refractivity contribution in [2.45, 2.75) is 32.4 Å². The molecule has 1 rings (SSSR count). The van der Waals surface area contributed by atoms with Crippen molar-refractivity contribution < 1.29 is 14.2 Å². The van der Waals surface area contributed by atoms with E-state index in [1.165, 1.54) is 10.4 Å². The lowest BCUT2D eigenvalue weighted by Gasteiger charge is -2.23. The van der Waals surface area contributed by atoms with Crippen LogP contribution in [0.2, 0.25) is 0 Å². The summed E-state index contributed by atoms with van der Waals surface area (Å²) in [6.45, 7) is 6.52. The van der Waals surface area contributed by atoms with E-state index in [0.717, 1.165) is 6.42 Å². The molecule has 2 N–H and O–H groups in total. The first-order valence-corrected chi connectivity index (χ1v) is 7.56. The first kappa shape index (κ1) is 16.6. The minimum absolute atomic E-state index is 0.0244. The predicted octanol–water partition coefficient (Wildman–Crippen LogP) is 2.51. The van der Waals surface area contributed by atoms with E-state index < -0.39 is 0 Å². The number of hydrogen-bond acceptors (Lipinski definition) is 5. The first-order valence-electron chi connectivity index (χ1n) is 6.68. The number of hydrogen-bond donors (Lipinski definition) is 1. The summed E-state index contributed by atoms with van der Waals surface area (Å²) in [5, 5.41) is 2.08. The third-order valence-electron chi connectivity index (χ3n) is 2.98. The molecule has 0 spiro atoms. The molecule has 0 radical (unpaired) electrons. The van der Waals surface area contributed by atoms with E-state index in [-0.39, 0.29) is 12.1 Å². The molecule has 5 heteroatoms. The fraction of sp³-hybridized carbons (Fsp3) is 0.714. The number of methoxy groups -OCH3 is 1. The van der Waals surface area contributed by atoms with Gasteiger partial charge < -0.3 is 19.9 Å². The number of nitrogens with two attached hydrogens (primary N) is 1. The van der Waals surface area contributed by atoms with Gasteiger partial charge in [0, 0.05) is 18.0 Å². The summed E-state index contributed by atoms with van der Waals surface area (Å²) in [7, 11) is 1.66. The molecule has 0 saturated heterocycles. The van der Waals surface area contributed by atoms with Crippen LogP contribution in [0.4, 0.5) is 0 Å². The highest BCUT2D eigenvalue weighted by atomic mass is 32.1. The van der Waals surface area contributed by atoms with Crippen molar-refractivity contribution in [3.05, 3.63) is 21.9 Å². The van der Waals surface area contributed by atoms with Crippen molar-refractivity contribution in [2.24, 2.45) is 5.73 Å². The van der Waals surface area contributed by atoms with Gasteiger partial charge in [-0.15, -0.1) is 11.3 Å². The van der Waals surface area contributed by atoms with Crippen molar-refractivity contribution in [2.75, 3.05) is 33.5 Å². The normalized spacial score (nSPS) is 14.5. The summed E-state index contributed by atoms with van der Waals surface area (Å²) in [5.74, 6) is 0. The minimum atomic E-state index is -0.0315. The average molecular weight is 287 g/mol. The van der Waals surface area contributed by atoms with Gasteiger partial charge in [0.15, 0.2) is 0 Å². The van der Waals surface area contributed by atoms with Gasteiger partial charge in [-0.25, -0.2) is 0 Å². The summed E-state index contributed by atoms with van der Waals surface area (Å²) in [6.07, 6.45) is 0.864. The Balaban J connectivity index is 2.41. The Hall–Kier alpha value is -0.460. The summed E-state index contributed by atoms with van der Waals surface area (Å²) >= 11 is 1.71. The molecular formula is C14H25NO3S. The van der Waals surface area contributed by atoms with Crippen molar-refractivity contribution in [1.82, 2.24) is 0 Å². The quantitative estimate of drug-likeness (QED) is 0.672. The minimum Gasteiger partial charge on any atom is -0.382 e. The van der Waals surface area contributed by atoms with Crippen LogP contribution in [0.5, 0.6) is 0 Å². The summed E-state index contributed by atoms with van der Waals surface area (Å²) < 4.78 is 16.2. The van der Waals surface area contributed by atoms with E-state index in [1.54, 1.807) is 18.4 Å². The zero-order valence-corrected chi connectivity index (χ0v) is 12.9. The van der Waals surface area contributed by atoms with E-state index in [9.17, 15) is 0 Å². The molecule has 0 aliphatic rings. The number of thiophene rings is 1. The van der Waals surface area contributed by atoms with Crippen LogP contribution in [0, 0.1) is 6.92 Å². The Kier molecular flexibility index (Phi) is 8.25. The monoisotopic (exact) mass is 287 g/mol. The van der Waals surface area contributed by atoms with E-state index in [4.69, 9.17) is 19.9 Å². The van der Waals surface area contributed by atoms with Gasteiger partial charge in [0.25, 0.3) is 0 Å². The van der Waals surface area contributed by atoms with Gasteiger partial charge in [0.05, 0.1) is 26.4 Å². The second kappa shape index (κ2) is 9.44. The smallest absolute Gasteiger partial charge is 0.107 e. The number of rotatable bonds is 10. The van der Waals surface area contributed by atoms with Crippen molar-refractivity contribution in [3.63, 3.8) is 0 Å². The maximum atomic E-state index is 6.16. The van der Waals surface area contributed by atoms with E-state index in [2.05, 4.69) is 25.3 Å². The van der Waals surface area contributed by atoms with Gasteiger partial charge in [-0.3, -0.25) is 0 Å². The van der Waals surface area contributed by atoms with Crippen LogP contribution in [0.15, 0.2) is 11.4 Å². The van der Waals surface area contributed by atoms with Crippen LogP contribution < -0.4 is 5.73 Å². The second-order valence-corrected chi connectivity index (χ2v) is 5.38. The largest absolute Gasteiger partial charge is 0.382 e. The van der Waals surface area contributed by atoms with Crippen LogP contribution in [0.25, 0.3) is 0 Å². The van der Waals surface area contributed by atoms with Gasteiger partial charge in [-0.05, 0) is 30.4 Å². The fourth-order valence-electron chi connectivity index (χ4n) is 1.76. The van der Waals surface area contributed by atoms with Crippen LogP contribution in [0.1, 0.15) is 29.9 Å². The molecule has 0 fully saturated rings. The average Bonchev–Trinajstić information content (AvgIpc) is 2.83. The van der Waals surface area contributed by atoms with Gasteiger partial charge in [0.2, 0.25) is 0 Å². The van der Waals surface area contributed by atoms with Gasteiger partial charge in [-0.1, -0.05) is 6.92 Å². The Bertz CT molecular complexity index is 343.